The summed E-state index contributed by atoms with van der Waals surface area (Å²) in [5.41, 5.74) is 1.45. The molecule has 3 aromatic rings. The highest BCUT2D eigenvalue weighted by Gasteiger charge is 2.09. The van der Waals surface area contributed by atoms with Gasteiger partial charge in [-0.25, -0.2) is 4.98 Å². The number of nitrogens with zero attached hydrogens (tertiary/aromatic N) is 6. The number of imidazole rings is 1. The third kappa shape index (κ3) is 3.07. The molecule has 0 bridgehead atoms. The van der Waals surface area contributed by atoms with Gasteiger partial charge in [0.1, 0.15) is 5.52 Å². The molecule has 3 N–H and O–H groups in total. The summed E-state index contributed by atoms with van der Waals surface area (Å²) in [4.78, 5) is 16.1. The van der Waals surface area contributed by atoms with Crippen LogP contribution in [0.5, 0.6) is 0 Å². The maximum Gasteiger partial charge on any atom is 0.226 e. The first kappa shape index (κ1) is 13.3. The average Bonchev–Trinajstić information content (AvgIpc) is 3.15. The normalized spacial score (nSPS) is 10.9. The summed E-state index contributed by atoms with van der Waals surface area (Å²) in [6.07, 6.45) is 6.11. The molecule has 0 amide bonds. The van der Waals surface area contributed by atoms with Crippen LogP contribution in [0.15, 0.2) is 18.7 Å². The van der Waals surface area contributed by atoms with Crippen molar-refractivity contribution in [3.8, 4) is 0 Å². The first-order valence-electron chi connectivity index (χ1n) is 6.90. The topological polar surface area (TPSA) is 109 Å². The Morgan fingerprint density at radius 3 is 3.00 bits per heavy atom. The van der Waals surface area contributed by atoms with Gasteiger partial charge in [-0.3, -0.25) is 4.68 Å². The Kier molecular flexibility index (Phi) is 3.90. The molecule has 110 valence electrons. The minimum atomic E-state index is 0.583. The number of H-pyrrole nitrogens is 1. The molecule has 0 aliphatic heterocycles. The smallest absolute Gasteiger partial charge is 0.226 e. The van der Waals surface area contributed by atoms with Crippen LogP contribution in [-0.2, 0) is 6.54 Å². The van der Waals surface area contributed by atoms with Crippen molar-refractivity contribution < 1.29 is 0 Å². The van der Waals surface area contributed by atoms with E-state index >= 15 is 0 Å². The largest absolute Gasteiger partial charge is 0.366 e. The molecule has 0 unspecified atom stereocenters. The van der Waals surface area contributed by atoms with E-state index < -0.39 is 0 Å². The highest BCUT2D eigenvalue weighted by Crippen LogP contribution is 2.18. The standard InChI is InChI=1S/C12H17N9/c1-2-3-14-12-18-10(9-11(19-12)16-8-15-9)13-4-6-21-7-5-17-20-21/h5,7-8H,2-4,6H2,1H3,(H3,13,14,15,16,18,19). The Morgan fingerprint density at radius 2 is 2.19 bits per heavy atom. The molecule has 21 heavy (non-hydrogen) atoms. The average molecular weight is 287 g/mol. The van der Waals surface area contributed by atoms with E-state index in [2.05, 4.69) is 47.8 Å². The summed E-state index contributed by atoms with van der Waals surface area (Å²) >= 11 is 0. The zero-order valence-corrected chi connectivity index (χ0v) is 11.7. The van der Waals surface area contributed by atoms with Crippen LogP contribution in [0.4, 0.5) is 11.8 Å². The predicted octanol–water partition coefficient (Wildman–Crippen LogP) is 0.878. The van der Waals surface area contributed by atoms with E-state index in [1.807, 2.05) is 6.20 Å². The van der Waals surface area contributed by atoms with Gasteiger partial charge in [0.05, 0.1) is 19.1 Å². The molecule has 0 spiro atoms. The lowest BCUT2D eigenvalue weighted by Crippen LogP contribution is -2.13. The van der Waals surface area contributed by atoms with Crippen molar-refractivity contribution >= 4 is 22.9 Å². The van der Waals surface area contributed by atoms with Crippen LogP contribution >= 0.6 is 0 Å². The summed E-state index contributed by atoms with van der Waals surface area (Å²) < 4.78 is 1.76. The van der Waals surface area contributed by atoms with Gasteiger partial charge in [0.25, 0.3) is 0 Å². The minimum Gasteiger partial charge on any atom is -0.366 e. The van der Waals surface area contributed by atoms with E-state index in [-0.39, 0.29) is 0 Å². The van der Waals surface area contributed by atoms with Crippen LogP contribution in [-0.4, -0.2) is 48.0 Å². The second kappa shape index (κ2) is 6.16. The molecule has 3 heterocycles. The lowest BCUT2D eigenvalue weighted by Gasteiger charge is -2.09. The summed E-state index contributed by atoms with van der Waals surface area (Å²) in [6.45, 7) is 4.31. The maximum absolute atomic E-state index is 4.48. The first-order chi connectivity index (χ1) is 10.4. The molecular weight excluding hydrogens is 270 g/mol. The molecule has 0 saturated heterocycles. The van der Waals surface area contributed by atoms with Crippen molar-refractivity contribution in [2.75, 3.05) is 23.7 Å². The summed E-state index contributed by atoms with van der Waals surface area (Å²) in [7, 11) is 0. The second-order valence-electron chi connectivity index (χ2n) is 4.52. The molecule has 9 nitrogen and oxygen atoms in total. The Bertz CT molecular complexity index is 688. The summed E-state index contributed by atoms with van der Waals surface area (Å²) in [5.74, 6) is 1.32. The van der Waals surface area contributed by atoms with Gasteiger partial charge in [0.15, 0.2) is 11.5 Å². The number of fused-ring (bicyclic) bond motifs is 1. The van der Waals surface area contributed by atoms with Crippen LogP contribution in [0, 0.1) is 0 Å². The molecule has 0 fully saturated rings. The lowest BCUT2D eigenvalue weighted by atomic mass is 10.4. The van der Waals surface area contributed by atoms with Crippen molar-refractivity contribution in [1.82, 2.24) is 34.9 Å². The third-order valence-corrected chi connectivity index (χ3v) is 2.92. The molecular formula is C12H17N9. The van der Waals surface area contributed by atoms with Gasteiger partial charge in [-0.15, -0.1) is 5.10 Å². The van der Waals surface area contributed by atoms with Crippen LogP contribution in [0.2, 0.25) is 0 Å². The Balaban J connectivity index is 1.74. The summed E-state index contributed by atoms with van der Waals surface area (Å²) in [6, 6.07) is 0. The molecule has 3 aromatic heterocycles. The number of aromatic amines is 1. The highest BCUT2D eigenvalue weighted by molar-refractivity contribution is 5.83. The Hall–Kier alpha value is -2.71. The van der Waals surface area contributed by atoms with Crippen molar-refractivity contribution in [3.63, 3.8) is 0 Å². The second-order valence-corrected chi connectivity index (χ2v) is 4.52. The highest BCUT2D eigenvalue weighted by atomic mass is 15.4. The van der Waals surface area contributed by atoms with E-state index in [1.165, 1.54) is 0 Å². The zero-order chi connectivity index (χ0) is 14.5. The number of nitrogens with one attached hydrogen (secondary N) is 3. The third-order valence-electron chi connectivity index (χ3n) is 2.92. The Morgan fingerprint density at radius 1 is 1.24 bits per heavy atom. The van der Waals surface area contributed by atoms with Gasteiger partial charge in [0, 0.05) is 19.3 Å². The van der Waals surface area contributed by atoms with Gasteiger partial charge in [-0.1, -0.05) is 12.1 Å². The molecule has 0 aliphatic rings. The molecule has 0 aliphatic carbocycles. The quantitative estimate of drug-likeness (QED) is 0.591. The lowest BCUT2D eigenvalue weighted by molar-refractivity contribution is 0.608. The molecule has 0 atom stereocenters. The van der Waals surface area contributed by atoms with Gasteiger partial charge in [-0.2, -0.15) is 9.97 Å². The van der Waals surface area contributed by atoms with Gasteiger partial charge in [-0.05, 0) is 6.42 Å². The van der Waals surface area contributed by atoms with E-state index in [0.717, 1.165) is 24.3 Å². The van der Waals surface area contributed by atoms with Crippen molar-refractivity contribution in [2.24, 2.45) is 0 Å². The number of aromatic nitrogens is 7. The fraction of sp³-hybridized carbons (Fsp3) is 0.417. The summed E-state index contributed by atoms with van der Waals surface area (Å²) in [5, 5.41) is 14.1. The fourth-order valence-electron chi connectivity index (χ4n) is 1.92. The molecule has 9 heteroatoms. The zero-order valence-electron chi connectivity index (χ0n) is 11.7. The number of rotatable bonds is 7. The van der Waals surface area contributed by atoms with Crippen molar-refractivity contribution in [3.05, 3.63) is 18.7 Å². The Labute approximate surface area is 121 Å². The van der Waals surface area contributed by atoms with E-state index in [4.69, 9.17) is 0 Å². The minimum absolute atomic E-state index is 0.583. The van der Waals surface area contributed by atoms with E-state index in [9.17, 15) is 0 Å². The maximum atomic E-state index is 4.48. The number of anilines is 2. The van der Waals surface area contributed by atoms with Crippen molar-refractivity contribution in [2.45, 2.75) is 19.9 Å². The van der Waals surface area contributed by atoms with Crippen molar-refractivity contribution in [1.29, 1.82) is 0 Å². The molecule has 0 radical (unpaired) electrons. The molecule has 0 saturated carbocycles. The molecule has 0 aromatic carbocycles. The van der Waals surface area contributed by atoms with E-state index in [0.29, 0.717) is 24.7 Å². The monoisotopic (exact) mass is 287 g/mol. The van der Waals surface area contributed by atoms with Gasteiger partial charge in [0.2, 0.25) is 5.95 Å². The van der Waals surface area contributed by atoms with Crippen LogP contribution in [0.1, 0.15) is 13.3 Å². The number of hydrogen-bond acceptors (Lipinski definition) is 7. The fourth-order valence-corrected chi connectivity index (χ4v) is 1.92. The predicted molar refractivity (Wildman–Crippen MR) is 79.0 cm³/mol. The number of hydrogen-bond donors (Lipinski definition) is 3. The van der Waals surface area contributed by atoms with Crippen LogP contribution in [0.3, 0.4) is 0 Å². The first-order valence-corrected chi connectivity index (χ1v) is 6.90. The van der Waals surface area contributed by atoms with Gasteiger partial charge < -0.3 is 15.6 Å². The SMILES string of the molecule is CCCNc1nc(NCCn2ccnn2)c2[nH]cnc2n1. The van der Waals surface area contributed by atoms with Gasteiger partial charge >= 0.3 is 0 Å². The van der Waals surface area contributed by atoms with Crippen LogP contribution in [0.25, 0.3) is 11.2 Å². The van der Waals surface area contributed by atoms with E-state index in [1.54, 1.807) is 17.2 Å². The van der Waals surface area contributed by atoms with Crippen LogP contribution < -0.4 is 10.6 Å². The molecule has 3 rings (SSSR count).